The number of aromatic nitrogens is 2. The molecule has 7 heteroatoms. The van der Waals surface area contributed by atoms with E-state index >= 15 is 0 Å². The van der Waals surface area contributed by atoms with E-state index in [-0.39, 0.29) is 11.8 Å². The van der Waals surface area contributed by atoms with Crippen molar-refractivity contribution in [2.24, 2.45) is 0 Å². The Hall–Kier alpha value is -3.35. The SMILES string of the molecule is Cc1cc(-n2c(C)cc(C(=O)N3CCC[C@@H]3C(=O)Nc3ccccc3)c2C)no1. The lowest BCUT2D eigenvalue weighted by atomic mass is 10.1. The summed E-state index contributed by atoms with van der Waals surface area (Å²) in [6.45, 7) is 6.21. The fraction of sp³-hybridized carbons (Fsp3) is 0.318. The van der Waals surface area contributed by atoms with Gasteiger partial charge >= 0.3 is 0 Å². The average Bonchev–Trinajstić information content (AvgIpc) is 3.41. The molecule has 3 aromatic rings. The number of para-hydroxylation sites is 1. The lowest BCUT2D eigenvalue weighted by Crippen LogP contribution is -2.43. The largest absolute Gasteiger partial charge is 0.360 e. The predicted molar refractivity (Wildman–Crippen MR) is 109 cm³/mol. The van der Waals surface area contributed by atoms with Gasteiger partial charge in [-0.05, 0) is 51.8 Å². The molecule has 1 aromatic carbocycles. The van der Waals surface area contributed by atoms with Crippen LogP contribution in [0.15, 0.2) is 47.0 Å². The topological polar surface area (TPSA) is 80.4 Å². The van der Waals surface area contributed by atoms with E-state index in [2.05, 4.69) is 10.5 Å². The smallest absolute Gasteiger partial charge is 0.256 e. The van der Waals surface area contributed by atoms with Crippen molar-refractivity contribution in [2.75, 3.05) is 11.9 Å². The van der Waals surface area contributed by atoms with E-state index in [1.54, 1.807) is 4.90 Å². The van der Waals surface area contributed by atoms with Gasteiger partial charge in [0.1, 0.15) is 11.8 Å². The van der Waals surface area contributed by atoms with Gasteiger partial charge in [-0.2, -0.15) is 0 Å². The second kappa shape index (κ2) is 7.58. The van der Waals surface area contributed by atoms with Crippen molar-refractivity contribution in [1.82, 2.24) is 14.6 Å². The summed E-state index contributed by atoms with van der Waals surface area (Å²) >= 11 is 0. The number of benzene rings is 1. The molecule has 29 heavy (non-hydrogen) atoms. The minimum Gasteiger partial charge on any atom is -0.360 e. The summed E-state index contributed by atoms with van der Waals surface area (Å²) in [6, 6.07) is 12.5. The molecule has 1 aliphatic heterocycles. The number of nitrogens with one attached hydrogen (secondary N) is 1. The maximum absolute atomic E-state index is 13.3. The van der Waals surface area contributed by atoms with Crippen LogP contribution in [-0.2, 0) is 4.79 Å². The van der Waals surface area contributed by atoms with Crippen LogP contribution in [0.1, 0.15) is 40.3 Å². The van der Waals surface area contributed by atoms with Gasteiger partial charge in [-0.1, -0.05) is 23.4 Å². The van der Waals surface area contributed by atoms with Gasteiger partial charge in [0.25, 0.3) is 5.91 Å². The Morgan fingerprint density at radius 3 is 2.59 bits per heavy atom. The number of hydrogen-bond donors (Lipinski definition) is 1. The number of nitrogens with zero attached hydrogens (tertiary/aromatic N) is 3. The van der Waals surface area contributed by atoms with Crippen LogP contribution in [0.4, 0.5) is 5.69 Å². The van der Waals surface area contributed by atoms with E-state index in [1.165, 1.54) is 0 Å². The molecule has 150 valence electrons. The first-order valence-electron chi connectivity index (χ1n) is 9.75. The number of aryl methyl sites for hydroxylation is 2. The number of amides is 2. The summed E-state index contributed by atoms with van der Waals surface area (Å²) in [6.07, 6.45) is 1.46. The van der Waals surface area contributed by atoms with Crippen LogP contribution in [-0.4, -0.2) is 39.0 Å². The standard InChI is InChI=1S/C22H24N4O3/c1-14-12-18(16(3)26(14)20-13-15(2)29-24-20)22(28)25-11-7-10-19(25)21(27)23-17-8-5-4-6-9-17/h4-6,8-9,12-13,19H,7,10-11H2,1-3H3,(H,23,27)/t19-/m1/s1. The Kier molecular flexibility index (Phi) is 4.96. The van der Waals surface area contributed by atoms with Crippen LogP contribution < -0.4 is 5.32 Å². The number of hydrogen-bond acceptors (Lipinski definition) is 4. The third-order valence-electron chi connectivity index (χ3n) is 5.36. The minimum absolute atomic E-state index is 0.129. The van der Waals surface area contributed by atoms with Gasteiger partial charge in [-0.15, -0.1) is 0 Å². The molecule has 1 saturated heterocycles. The summed E-state index contributed by atoms with van der Waals surface area (Å²) in [5.74, 6) is 1.08. The number of likely N-dealkylation sites (tertiary alicyclic amines) is 1. The molecule has 0 aliphatic carbocycles. The molecule has 1 N–H and O–H groups in total. The highest BCUT2D eigenvalue weighted by Gasteiger charge is 2.36. The molecule has 1 atom stereocenters. The van der Waals surface area contributed by atoms with Gasteiger partial charge in [0, 0.05) is 29.7 Å². The quantitative estimate of drug-likeness (QED) is 0.735. The highest BCUT2D eigenvalue weighted by Crippen LogP contribution is 2.26. The summed E-state index contributed by atoms with van der Waals surface area (Å²) in [4.78, 5) is 27.8. The fourth-order valence-corrected chi connectivity index (χ4v) is 3.97. The lowest BCUT2D eigenvalue weighted by Gasteiger charge is -2.24. The lowest BCUT2D eigenvalue weighted by molar-refractivity contribution is -0.119. The number of anilines is 1. The first kappa shape index (κ1) is 19.0. The van der Waals surface area contributed by atoms with Gasteiger partial charge in [0.05, 0.1) is 5.56 Å². The van der Waals surface area contributed by atoms with E-state index in [4.69, 9.17) is 4.52 Å². The highest BCUT2D eigenvalue weighted by molar-refractivity contribution is 6.02. The summed E-state index contributed by atoms with van der Waals surface area (Å²) in [5, 5.41) is 6.99. The molecular formula is C22H24N4O3. The first-order valence-corrected chi connectivity index (χ1v) is 9.75. The van der Waals surface area contributed by atoms with E-state index in [9.17, 15) is 9.59 Å². The Labute approximate surface area is 169 Å². The van der Waals surface area contributed by atoms with Crippen molar-refractivity contribution in [3.8, 4) is 5.82 Å². The van der Waals surface area contributed by atoms with Crippen molar-refractivity contribution in [3.63, 3.8) is 0 Å². The Morgan fingerprint density at radius 1 is 1.14 bits per heavy atom. The minimum atomic E-state index is -0.472. The van der Waals surface area contributed by atoms with Crippen molar-refractivity contribution in [2.45, 2.75) is 39.7 Å². The molecule has 7 nitrogen and oxygen atoms in total. The Balaban J connectivity index is 1.58. The van der Waals surface area contributed by atoms with Gasteiger partial charge < -0.3 is 14.7 Å². The summed E-state index contributed by atoms with van der Waals surface area (Å²) in [7, 11) is 0. The number of rotatable bonds is 4. The molecule has 0 unspecified atom stereocenters. The molecule has 1 aliphatic rings. The highest BCUT2D eigenvalue weighted by atomic mass is 16.5. The average molecular weight is 392 g/mol. The normalized spacial score (nSPS) is 16.2. The van der Waals surface area contributed by atoms with E-state index in [0.29, 0.717) is 30.1 Å². The molecule has 0 spiro atoms. The molecule has 0 bridgehead atoms. The van der Waals surface area contributed by atoms with E-state index < -0.39 is 6.04 Å². The van der Waals surface area contributed by atoms with Crippen LogP contribution in [0.5, 0.6) is 0 Å². The Morgan fingerprint density at radius 2 is 1.90 bits per heavy atom. The van der Waals surface area contributed by atoms with E-state index in [1.807, 2.05) is 67.8 Å². The van der Waals surface area contributed by atoms with Crippen molar-refractivity contribution in [3.05, 3.63) is 65.2 Å². The third-order valence-corrected chi connectivity index (χ3v) is 5.36. The second-order valence-electron chi connectivity index (χ2n) is 7.43. The van der Waals surface area contributed by atoms with Crippen LogP contribution >= 0.6 is 0 Å². The van der Waals surface area contributed by atoms with Crippen LogP contribution in [0.25, 0.3) is 5.82 Å². The molecule has 0 saturated carbocycles. The van der Waals surface area contributed by atoms with Crippen molar-refractivity contribution >= 4 is 17.5 Å². The zero-order valence-corrected chi connectivity index (χ0v) is 16.8. The molecular weight excluding hydrogens is 368 g/mol. The second-order valence-corrected chi connectivity index (χ2v) is 7.43. The maximum Gasteiger partial charge on any atom is 0.256 e. The fourth-order valence-electron chi connectivity index (χ4n) is 3.97. The molecule has 4 rings (SSSR count). The van der Waals surface area contributed by atoms with Crippen molar-refractivity contribution < 1.29 is 14.1 Å². The number of carbonyl (C=O) groups excluding carboxylic acids is 2. The summed E-state index contributed by atoms with van der Waals surface area (Å²) in [5.41, 5.74) is 3.00. The maximum atomic E-state index is 13.3. The first-order chi connectivity index (χ1) is 14.0. The van der Waals surface area contributed by atoms with Gasteiger partial charge in [0.15, 0.2) is 5.82 Å². The van der Waals surface area contributed by atoms with Gasteiger partial charge in [0.2, 0.25) is 5.91 Å². The molecule has 0 radical (unpaired) electrons. The van der Waals surface area contributed by atoms with Crippen LogP contribution in [0.3, 0.4) is 0 Å². The van der Waals surface area contributed by atoms with Crippen LogP contribution in [0.2, 0.25) is 0 Å². The molecule has 1 fully saturated rings. The van der Waals surface area contributed by atoms with E-state index in [0.717, 1.165) is 23.5 Å². The monoisotopic (exact) mass is 392 g/mol. The molecule has 2 aromatic heterocycles. The molecule has 2 amide bonds. The zero-order valence-electron chi connectivity index (χ0n) is 16.8. The van der Waals surface area contributed by atoms with Gasteiger partial charge in [-0.25, -0.2) is 0 Å². The van der Waals surface area contributed by atoms with Crippen LogP contribution in [0, 0.1) is 20.8 Å². The van der Waals surface area contributed by atoms with Crippen molar-refractivity contribution in [1.29, 1.82) is 0 Å². The summed E-state index contributed by atoms with van der Waals surface area (Å²) < 4.78 is 7.09. The molecule has 3 heterocycles. The van der Waals surface area contributed by atoms with Gasteiger partial charge in [-0.3, -0.25) is 14.2 Å². The third kappa shape index (κ3) is 3.55. The Bertz CT molecular complexity index is 1050. The number of carbonyl (C=O) groups is 2. The zero-order chi connectivity index (χ0) is 20.5. The predicted octanol–water partition coefficient (Wildman–Crippen LogP) is 3.63.